The zero-order valence-corrected chi connectivity index (χ0v) is 6.92. The summed E-state index contributed by atoms with van der Waals surface area (Å²) in [5, 5.41) is 18.0. The summed E-state index contributed by atoms with van der Waals surface area (Å²) in [4.78, 5) is 0. The number of alkyl halides is 1. The fraction of sp³-hybridized carbons (Fsp3) is 0.250. The van der Waals surface area contributed by atoms with E-state index < -0.39 is 17.7 Å². The molecule has 1 unspecified atom stereocenters. The molecule has 1 rings (SSSR count). The number of aliphatic hydroxyl groups is 1. The van der Waals surface area contributed by atoms with Crippen molar-refractivity contribution in [2.75, 3.05) is 5.88 Å². The highest BCUT2D eigenvalue weighted by Crippen LogP contribution is 2.21. The molecule has 0 heterocycles. The van der Waals surface area contributed by atoms with Gasteiger partial charge in [0, 0.05) is 0 Å². The van der Waals surface area contributed by atoms with Gasteiger partial charge in [-0.1, -0.05) is 6.07 Å². The summed E-state index contributed by atoms with van der Waals surface area (Å²) in [6, 6.07) is 3.66. The maximum atomic E-state index is 12.7. The minimum atomic E-state index is -0.887. The molecule has 12 heavy (non-hydrogen) atoms. The zero-order valence-electron chi connectivity index (χ0n) is 6.17. The van der Waals surface area contributed by atoms with Crippen molar-refractivity contribution in [3.63, 3.8) is 0 Å². The Bertz CT molecular complexity index is 278. The van der Waals surface area contributed by atoms with Gasteiger partial charge in [-0.05, 0) is 17.7 Å². The third kappa shape index (κ3) is 1.87. The number of aromatic hydroxyl groups is 1. The number of hydrogen-bond acceptors (Lipinski definition) is 2. The van der Waals surface area contributed by atoms with Crippen molar-refractivity contribution in [3.05, 3.63) is 29.6 Å². The molecule has 2 N–H and O–H groups in total. The van der Waals surface area contributed by atoms with Crippen LogP contribution >= 0.6 is 11.6 Å². The third-order valence-corrected chi connectivity index (χ3v) is 1.79. The third-order valence-electron chi connectivity index (χ3n) is 1.50. The predicted octanol–water partition coefficient (Wildman–Crippen LogP) is 1.80. The molecule has 0 aliphatic carbocycles. The second-order valence-electron chi connectivity index (χ2n) is 2.38. The van der Waals surface area contributed by atoms with Crippen molar-refractivity contribution in [2.45, 2.75) is 6.10 Å². The van der Waals surface area contributed by atoms with Gasteiger partial charge in [0.05, 0.1) is 12.0 Å². The van der Waals surface area contributed by atoms with Gasteiger partial charge in [-0.15, -0.1) is 11.6 Å². The maximum Gasteiger partial charge on any atom is 0.165 e. The first-order valence-electron chi connectivity index (χ1n) is 3.37. The van der Waals surface area contributed by atoms with E-state index in [1.54, 1.807) is 0 Å². The number of hydrogen-bond donors (Lipinski definition) is 2. The van der Waals surface area contributed by atoms with Crippen LogP contribution in [-0.4, -0.2) is 16.1 Å². The molecule has 66 valence electrons. The van der Waals surface area contributed by atoms with Crippen molar-refractivity contribution >= 4 is 11.6 Å². The van der Waals surface area contributed by atoms with Gasteiger partial charge in [0.2, 0.25) is 0 Å². The molecular formula is C8H8ClFO2. The van der Waals surface area contributed by atoms with Crippen LogP contribution in [0.15, 0.2) is 18.2 Å². The number of halogens is 2. The second kappa shape index (κ2) is 3.74. The van der Waals surface area contributed by atoms with Crippen molar-refractivity contribution < 1.29 is 14.6 Å². The summed E-state index contributed by atoms with van der Waals surface area (Å²) in [7, 11) is 0. The molecule has 0 aromatic heterocycles. The number of phenols is 1. The van der Waals surface area contributed by atoms with Crippen LogP contribution in [-0.2, 0) is 0 Å². The number of rotatable bonds is 2. The molecule has 0 amide bonds. The Hall–Kier alpha value is -0.800. The van der Waals surface area contributed by atoms with Crippen LogP contribution in [0.4, 0.5) is 4.39 Å². The molecule has 0 spiro atoms. The molecule has 0 fully saturated rings. The van der Waals surface area contributed by atoms with Gasteiger partial charge in [0.15, 0.2) is 11.6 Å². The molecule has 1 aromatic carbocycles. The fourth-order valence-corrected chi connectivity index (χ4v) is 0.998. The summed E-state index contributed by atoms with van der Waals surface area (Å²) < 4.78 is 12.7. The fourth-order valence-electron chi connectivity index (χ4n) is 0.820. The molecule has 0 saturated carbocycles. The van der Waals surface area contributed by atoms with Gasteiger partial charge < -0.3 is 10.2 Å². The molecule has 2 nitrogen and oxygen atoms in total. The van der Waals surface area contributed by atoms with Gasteiger partial charge in [0.25, 0.3) is 0 Å². The average Bonchev–Trinajstić information content (AvgIpc) is 2.08. The Labute approximate surface area is 74.2 Å². The number of aliphatic hydroxyl groups excluding tert-OH is 1. The minimum absolute atomic E-state index is 0.00418. The Balaban J connectivity index is 2.96. The second-order valence-corrected chi connectivity index (χ2v) is 2.69. The molecule has 1 atom stereocenters. The van der Waals surface area contributed by atoms with E-state index in [0.717, 1.165) is 6.07 Å². The highest BCUT2D eigenvalue weighted by atomic mass is 35.5. The van der Waals surface area contributed by atoms with E-state index in [4.69, 9.17) is 21.8 Å². The van der Waals surface area contributed by atoms with Crippen LogP contribution in [0.25, 0.3) is 0 Å². The lowest BCUT2D eigenvalue weighted by atomic mass is 10.1. The molecule has 0 aliphatic rings. The van der Waals surface area contributed by atoms with Gasteiger partial charge >= 0.3 is 0 Å². The number of phenolic OH excluding ortho intramolecular Hbond substituents is 1. The first-order chi connectivity index (χ1) is 5.65. The van der Waals surface area contributed by atoms with Crippen molar-refractivity contribution in [1.29, 1.82) is 0 Å². The molecular weight excluding hydrogens is 183 g/mol. The van der Waals surface area contributed by atoms with Crippen molar-refractivity contribution in [2.24, 2.45) is 0 Å². The Morgan fingerprint density at radius 3 is 2.67 bits per heavy atom. The normalized spacial score (nSPS) is 12.9. The highest BCUT2D eigenvalue weighted by molar-refractivity contribution is 6.18. The Kier molecular flexibility index (Phi) is 2.89. The Morgan fingerprint density at radius 2 is 2.17 bits per heavy atom. The van der Waals surface area contributed by atoms with E-state index in [9.17, 15) is 4.39 Å². The molecule has 1 aromatic rings. The topological polar surface area (TPSA) is 40.5 Å². The first kappa shape index (κ1) is 9.29. The Morgan fingerprint density at radius 1 is 1.50 bits per heavy atom. The summed E-state index contributed by atoms with van der Waals surface area (Å²) >= 11 is 5.34. The lowest BCUT2D eigenvalue weighted by Gasteiger charge is -2.06. The largest absolute Gasteiger partial charge is 0.505 e. The molecule has 0 bridgehead atoms. The number of benzene rings is 1. The SMILES string of the molecule is Oc1ccc(C(O)CCl)cc1F. The lowest BCUT2D eigenvalue weighted by Crippen LogP contribution is -1.98. The van der Waals surface area contributed by atoms with Crippen LogP contribution in [0.1, 0.15) is 11.7 Å². The first-order valence-corrected chi connectivity index (χ1v) is 3.91. The van der Waals surface area contributed by atoms with Gasteiger partial charge in [-0.2, -0.15) is 0 Å². The zero-order chi connectivity index (χ0) is 9.14. The van der Waals surface area contributed by atoms with E-state index >= 15 is 0 Å². The predicted molar refractivity (Wildman–Crippen MR) is 43.7 cm³/mol. The summed E-state index contributed by atoms with van der Waals surface area (Å²) in [5.74, 6) is -1.18. The van der Waals surface area contributed by atoms with Crippen LogP contribution in [0, 0.1) is 5.82 Å². The summed E-state index contributed by atoms with van der Waals surface area (Å²) in [5.41, 5.74) is 0.361. The monoisotopic (exact) mass is 190 g/mol. The summed E-state index contributed by atoms with van der Waals surface area (Å²) in [6.07, 6.45) is -0.887. The van der Waals surface area contributed by atoms with E-state index in [2.05, 4.69) is 0 Å². The molecule has 0 radical (unpaired) electrons. The van der Waals surface area contributed by atoms with Crippen LogP contribution in [0.3, 0.4) is 0 Å². The highest BCUT2D eigenvalue weighted by Gasteiger charge is 2.08. The van der Waals surface area contributed by atoms with Crippen LogP contribution < -0.4 is 0 Å². The van der Waals surface area contributed by atoms with Crippen molar-refractivity contribution in [1.82, 2.24) is 0 Å². The van der Waals surface area contributed by atoms with Crippen LogP contribution in [0.2, 0.25) is 0 Å². The smallest absolute Gasteiger partial charge is 0.165 e. The minimum Gasteiger partial charge on any atom is -0.505 e. The van der Waals surface area contributed by atoms with E-state index in [1.165, 1.54) is 12.1 Å². The lowest BCUT2D eigenvalue weighted by molar-refractivity contribution is 0.202. The van der Waals surface area contributed by atoms with Gasteiger partial charge in [0.1, 0.15) is 0 Å². The van der Waals surface area contributed by atoms with Crippen LogP contribution in [0.5, 0.6) is 5.75 Å². The van der Waals surface area contributed by atoms with E-state index in [0.29, 0.717) is 5.56 Å². The molecule has 0 aliphatic heterocycles. The van der Waals surface area contributed by atoms with Gasteiger partial charge in [-0.25, -0.2) is 4.39 Å². The van der Waals surface area contributed by atoms with Gasteiger partial charge in [-0.3, -0.25) is 0 Å². The standard InChI is InChI=1S/C8H8ClFO2/c9-4-8(12)5-1-2-7(11)6(10)3-5/h1-3,8,11-12H,4H2. The van der Waals surface area contributed by atoms with Crippen molar-refractivity contribution in [3.8, 4) is 5.75 Å². The quantitative estimate of drug-likeness (QED) is 0.699. The summed E-state index contributed by atoms with van der Waals surface area (Å²) in [6.45, 7) is 0. The van der Waals surface area contributed by atoms with E-state index in [-0.39, 0.29) is 5.88 Å². The average molecular weight is 191 g/mol. The van der Waals surface area contributed by atoms with E-state index in [1.807, 2.05) is 0 Å². The molecule has 4 heteroatoms. The molecule has 0 saturated heterocycles. The maximum absolute atomic E-state index is 12.7.